The van der Waals surface area contributed by atoms with Crippen molar-refractivity contribution in [2.24, 2.45) is 0 Å². The van der Waals surface area contributed by atoms with Crippen molar-refractivity contribution in [3.05, 3.63) is 63.4 Å². The van der Waals surface area contributed by atoms with Gasteiger partial charge in [0.15, 0.2) is 6.10 Å². The number of aryl methyl sites for hydroxylation is 2. The number of fused-ring (bicyclic) bond motifs is 1. The summed E-state index contributed by atoms with van der Waals surface area (Å²) in [6, 6.07) is 9.53. The molecular formula is C19H17BrFNO3. The van der Waals surface area contributed by atoms with Gasteiger partial charge in [-0.05, 0) is 83.6 Å². The second-order valence-corrected chi connectivity index (χ2v) is 6.85. The summed E-state index contributed by atoms with van der Waals surface area (Å²) in [6.45, 7) is 1.48. The highest BCUT2D eigenvalue weighted by Crippen LogP contribution is 2.25. The quantitative estimate of drug-likeness (QED) is 0.773. The maximum atomic E-state index is 13.3. The van der Waals surface area contributed by atoms with Crippen LogP contribution in [0.4, 0.5) is 10.1 Å². The van der Waals surface area contributed by atoms with E-state index in [-0.39, 0.29) is 5.56 Å². The Morgan fingerprint density at radius 1 is 1.16 bits per heavy atom. The highest BCUT2D eigenvalue weighted by molar-refractivity contribution is 9.10. The average Bonchev–Trinajstić information content (AvgIpc) is 3.04. The van der Waals surface area contributed by atoms with Gasteiger partial charge in [0.05, 0.1) is 5.56 Å². The van der Waals surface area contributed by atoms with Gasteiger partial charge in [0, 0.05) is 10.2 Å². The van der Waals surface area contributed by atoms with Crippen LogP contribution in [0.1, 0.15) is 34.8 Å². The van der Waals surface area contributed by atoms with Crippen LogP contribution >= 0.6 is 15.9 Å². The van der Waals surface area contributed by atoms with E-state index in [4.69, 9.17) is 4.74 Å². The highest BCUT2D eigenvalue weighted by atomic mass is 79.9. The van der Waals surface area contributed by atoms with Crippen molar-refractivity contribution in [2.75, 3.05) is 5.32 Å². The zero-order chi connectivity index (χ0) is 18.0. The Hall–Kier alpha value is -2.21. The van der Waals surface area contributed by atoms with Crippen molar-refractivity contribution in [1.29, 1.82) is 0 Å². The first-order valence-corrected chi connectivity index (χ1v) is 8.82. The molecular weight excluding hydrogens is 389 g/mol. The number of anilines is 1. The second-order valence-electron chi connectivity index (χ2n) is 6.00. The molecule has 0 bridgehead atoms. The van der Waals surface area contributed by atoms with Crippen LogP contribution in [0.25, 0.3) is 0 Å². The Morgan fingerprint density at radius 3 is 2.72 bits per heavy atom. The van der Waals surface area contributed by atoms with Crippen LogP contribution in [-0.4, -0.2) is 18.0 Å². The number of hydrogen-bond acceptors (Lipinski definition) is 3. The molecule has 1 aliphatic rings. The van der Waals surface area contributed by atoms with Crippen molar-refractivity contribution >= 4 is 33.5 Å². The van der Waals surface area contributed by atoms with Gasteiger partial charge in [0.25, 0.3) is 5.91 Å². The molecule has 0 heterocycles. The van der Waals surface area contributed by atoms with Crippen molar-refractivity contribution in [3.8, 4) is 0 Å². The number of carbonyl (C=O) groups is 2. The van der Waals surface area contributed by atoms with Gasteiger partial charge in [0.1, 0.15) is 5.82 Å². The monoisotopic (exact) mass is 405 g/mol. The zero-order valence-electron chi connectivity index (χ0n) is 13.6. The first-order chi connectivity index (χ1) is 11.9. The lowest BCUT2D eigenvalue weighted by Gasteiger charge is -2.14. The number of nitrogens with one attached hydrogen (secondary N) is 1. The number of esters is 1. The molecule has 130 valence electrons. The number of amides is 1. The summed E-state index contributed by atoms with van der Waals surface area (Å²) in [4.78, 5) is 24.4. The number of halogens is 2. The molecule has 6 heteroatoms. The van der Waals surface area contributed by atoms with E-state index in [9.17, 15) is 14.0 Å². The summed E-state index contributed by atoms with van der Waals surface area (Å²) in [6.07, 6.45) is 2.21. The third-order valence-electron chi connectivity index (χ3n) is 4.17. The molecule has 0 radical (unpaired) electrons. The molecule has 0 unspecified atom stereocenters. The van der Waals surface area contributed by atoms with E-state index in [1.165, 1.54) is 30.2 Å². The van der Waals surface area contributed by atoms with Gasteiger partial charge in [0.2, 0.25) is 0 Å². The lowest BCUT2D eigenvalue weighted by molar-refractivity contribution is -0.123. The lowest BCUT2D eigenvalue weighted by Crippen LogP contribution is -2.30. The fourth-order valence-electron chi connectivity index (χ4n) is 2.82. The summed E-state index contributed by atoms with van der Waals surface area (Å²) in [5.41, 5.74) is 3.28. The molecule has 0 fully saturated rings. The Balaban J connectivity index is 1.64. The standard InChI is InChI=1S/C19H17BrFNO3/c1-11(25-19(24)16-10-14(21)6-8-17(16)20)18(23)22-15-7-5-12-3-2-4-13(12)9-15/h5-11H,2-4H2,1H3,(H,22,23)/t11-/m0/s1. The van der Waals surface area contributed by atoms with Gasteiger partial charge in [-0.25, -0.2) is 9.18 Å². The van der Waals surface area contributed by atoms with E-state index >= 15 is 0 Å². The van der Waals surface area contributed by atoms with E-state index in [1.54, 1.807) is 0 Å². The maximum Gasteiger partial charge on any atom is 0.340 e. The van der Waals surface area contributed by atoms with Gasteiger partial charge < -0.3 is 10.1 Å². The van der Waals surface area contributed by atoms with Gasteiger partial charge in [-0.15, -0.1) is 0 Å². The largest absolute Gasteiger partial charge is 0.449 e. The molecule has 0 saturated heterocycles. The van der Waals surface area contributed by atoms with Crippen LogP contribution in [0.3, 0.4) is 0 Å². The molecule has 0 aromatic heterocycles. The van der Waals surface area contributed by atoms with Crippen LogP contribution < -0.4 is 5.32 Å². The van der Waals surface area contributed by atoms with Gasteiger partial charge >= 0.3 is 5.97 Å². The Morgan fingerprint density at radius 2 is 1.92 bits per heavy atom. The van der Waals surface area contributed by atoms with E-state index in [1.807, 2.05) is 18.2 Å². The van der Waals surface area contributed by atoms with Crippen molar-refractivity contribution in [3.63, 3.8) is 0 Å². The third kappa shape index (κ3) is 4.07. The number of benzene rings is 2. The average molecular weight is 406 g/mol. The summed E-state index contributed by atoms with van der Waals surface area (Å²) in [7, 11) is 0. The molecule has 4 nitrogen and oxygen atoms in total. The number of ether oxygens (including phenoxy) is 1. The molecule has 0 spiro atoms. The van der Waals surface area contributed by atoms with E-state index in [0.29, 0.717) is 10.2 Å². The van der Waals surface area contributed by atoms with E-state index < -0.39 is 23.8 Å². The molecule has 2 aromatic carbocycles. The fourth-order valence-corrected chi connectivity index (χ4v) is 3.23. The van der Waals surface area contributed by atoms with Gasteiger partial charge in [-0.2, -0.15) is 0 Å². The topological polar surface area (TPSA) is 55.4 Å². The van der Waals surface area contributed by atoms with Crippen LogP contribution in [-0.2, 0) is 22.4 Å². The van der Waals surface area contributed by atoms with Crippen LogP contribution in [0.2, 0.25) is 0 Å². The summed E-state index contributed by atoms with van der Waals surface area (Å²) < 4.78 is 18.9. The molecule has 0 aliphatic heterocycles. The summed E-state index contributed by atoms with van der Waals surface area (Å²) in [5, 5.41) is 2.75. The fraction of sp³-hybridized carbons (Fsp3) is 0.263. The Kier molecular flexibility index (Phi) is 5.18. The molecule has 25 heavy (non-hydrogen) atoms. The van der Waals surface area contributed by atoms with Crippen molar-refractivity contribution in [2.45, 2.75) is 32.3 Å². The highest BCUT2D eigenvalue weighted by Gasteiger charge is 2.21. The van der Waals surface area contributed by atoms with E-state index in [2.05, 4.69) is 21.2 Å². The number of carbonyl (C=O) groups excluding carboxylic acids is 2. The SMILES string of the molecule is C[C@H](OC(=O)c1cc(F)ccc1Br)C(=O)Nc1ccc2c(c1)CCC2. The molecule has 1 atom stereocenters. The molecule has 3 rings (SSSR count). The predicted molar refractivity (Wildman–Crippen MR) is 96.1 cm³/mol. The van der Waals surface area contributed by atoms with Crippen molar-refractivity contribution < 1.29 is 18.7 Å². The lowest BCUT2D eigenvalue weighted by atomic mass is 10.1. The predicted octanol–water partition coefficient (Wildman–Crippen LogP) is 4.26. The minimum absolute atomic E-state index is 0.0391. The minimum atomic E-state index is -1.00. The molecule has 2 aromatic rings. The molecule has 1 amide bonds. The molecule has 1 aliphatic carbocycles. The first kappa shape index (κ1) is 17.6. The minimum Gasteiger partial charge on any atom is -0.449 e. The second kappa shape index (κ2) is 7.35. The van der Waals surface area contributed by atoms with E-state index in [0.717, 1.165) is 25.3 Å². The molecule has 0 saturated carbocycles. The molecule has 1 N–H and O–H groups in total. The van der Waals surface area contributed by atoms with Crippen LogP contribution in [0.15, 0.2) is 40.9 Å². The Labute approximate surface area is 153 Å². The first-order valence-electron chi connectivity index (χ1n) is 8.03. The third-order valence-corrected chi connectivity index (χ3v) is 4.86. The van der Waals surface area contributed by atoms with Gasteiger partial charge in [-0.1, -0.05) is 6.07 Å². The maximum absolute atomic E-state index is 13.3. The van der Waals surface area contributed by atoms with Crippen LogP contribution in [0, 0.1) is 5.82 Å². The number of rotatable bonds is 4. The van der Waals surface area contributed by atoms with Crippen LogP contribution in [0.5, 0.6) is 0 Å². The van der Waals surface area contributed by atoms with Crippen molar-refractivity contribution in [1.82, 2.24) is 0 Å². The summed E-state index contributed by atoms with van der Waals surface area (Å²) in [5.74, 6) is -1.74. The van der Waals surface area contributed by atoms with Gasteiger partial charge in [-0.3, -0.25) is 4.79 Å². The zero-order valence-corrected chi connectivity index (χ0v) is 15.2. The normalized spacial score (nSPS) is 13.9. The number of hydrogen-bond donors (Lipinski definition) is 1. The Bertz CT molecular complexity index is 837. The smallest absolute Gasteiger partial charge is 0.340 e. The summed E-state index contributed by atoms with van der Waals surface area (Å²) >= 11 is 3.17.